The number of hydrogen-bond donors (Lipinski definition) is 1. The molecule has 0 aliphatic heterocycles. The third-order valence-corrected chi connectivity index (χ3v) is 4.87. The minimum atomic E-state index is -3.46. The lowest BCUT2D eigenvalue weighted by molar-refractivity contribution is 0.0545. The molecule has 0 spiro atoms. The molecule has 0 aromatic carbocycles. The molecule has 0 aliphatic rings. The van der Waals surface area contributed by atoms with Gasteiger partial charge in [0.2, 0.25) is 0 Å². The minimum Gasteiger partial charge on any atom is -0.380 e. The molecule has 0 aromatic heterocycles. The van der Waals surface area contributed by atoms with Crippen molar-refractivity contribution in [3.8, 4) is 0 Å². The van der Waals surface area contributed by atoms with Gasteiger partial charge in [-0.3, -0.25) is 4.57 Å². The van der Waals surface area contributed by atoms with Crippen molar-refractivity contribution >= 4 is 7.60 Å². The van der Waals surface area contributed by atoms with Gasteiger partial charge >= 0.3 is 7.60 Å². The summed E-state index contributed by atoms with van der Waals surface area (Å²) in [5, 5.41) is 10.3. The molecule has 0 saturated heterocycles. The van der Waals surface area contributed by atoms with Crippen molar-refractivity contribution in [2.45, 2.75) is 33.5 Å². The summed E-state index contributed by atoms with van der Waals surface area (Å²) in [6, 6.07) is 0. The molecule has 0 amide bonds. The van der Waals surface area contributed by atoms with Crippen LogP contribution in [0.3, 0.4) is 0 Å². The monoisotopic (exact) mass is 267 g/mol. The standard InChI is InChI=1S/C11H26NO4P/c1-7-15-17(14,16-8-2)10(13)11(3,4)9-12(5)6/h10,13H,7-9H2,1-6H3. The topological polar surface area (TPSA) is 59.0 Å². The van der Waals surface area contributed by atoms with Crippen LogP contribution in [-0.4, -0.2) is 49.7 Å². The maximum absolute atomic E-state index is 12.4. The smallest absolute Gasteiger partial charge is 0.359 e. The first kappa shape index (κ1) is 17.1. The highest BCUT2D eigenvalue weighted by atomic mass is 31.2. The molecule has 1 atom stereocenters. The molecule has 0 fully saturated rings. The average Bonchev–Trinajstić information content (AvgIpc) is 2.15. The Morgan fingerprint density at radius 1 is 1.24 bits per heavy atom. The van der Waals surface area contributed by atoms with Gasteiger partial charge in [0.05, 0.1) is 13.2 Å². The van der Waals surface area contributed by atoms with Gasteiger partial charge in [-0.15, -0.1) is 0 Å². The highest BCUT2D eigenvalue weighted by Crippen LogP contribution is 2.57. The zero-order chi connectivity index (χ0) is 13.7. The Bertz CT molecular complexity index is 258. The molecule has 5 nitrogen and oxygen atoms in total. The van der Waals surface area contributed by atoms with Crippen LogP contribution in [0.1, 0.15) is 27.7 Å². The SMILES string of the molecule is CCOP(=O)(OCC)C(O)C(C)(C)CN(C)C. The first-order chi connectivity index (χ1) is 7.69. The average molecular weight is 267 g/mol. The van der Waals surface area contributed by atoms with Gasteiger partial charge in [-0.1, -0.05) is 13.8 Å². The molecule has 0 bridgehead atoms. The number of rotatable bonds is 8. The summed E-state index contributed by atoms with van der Waals surface area (Å²) in [6.07, 6.45) is 0. The largest absolute Gasteiger partial charge is 0.380 e. The van der Waals surface area contributed by atoms with Crippen LogP contribution in [0.25, 0.3) is 0 Å². The van der Waals surface area contributed by atoms with Crippen LogP contribution < -0.4 is 0 Å². The zero-order valence-corrected chi connectivity index (χ0v) is 12.7. The van der Waals surface area contributed by atoms with Gasteiger partial charge in [0.15, 0.2) is 5.85 Å². The fourth-order valence-corrected chi connectivity index (χ4v) is 3.88. The maximum atomic E-state index is 12.4. The first-order valence-electron chi connectivity index (χ1n) is 5.91. The summed E-state index contributed by atoms with van der Waals surface area (Å²) < 4.78 is 22.8. The van der Waals surface area contributed by atoms with Crippen LogP contribution >= 0.6 is 7.60 Å². The molecule has 1 N–H and O–H groups in total. The highest BCUT2D eigenvalue weighted by Gasteiger charge is 2.44. The Morgan fingerprint density at radius 2 is 1.65 bits per heavy atom. The van der Waals surface area contributed by atoms with E-state index in [4.69, 9.17) is 9.05 Å². The number of nitrogens with zero attached hydrogens (tertiary/aromatic N) is 1. The van der Waals surface area contributed by atoms with Crippen molar-refractivity contribution in [1.82, 2.24) is 4.90 Å². The molecular formula is C11H26NO4P. The molecule has 0 aliphatic carbocycles. The molecule has 0 heterocycles. The predicted octanol–water partition coefficient (Wildman–Crippen LogP) is 2.16. The summed E-state index contributed by atoms with van der Waals surface area (Å²) in [6.45, 7) is 8.27. The van der Waals surface area contributed by atoms with Crippen molar-refractivity contribution in [3.05, 3.63) is 0 Å². The summed E-state index contributed by atoms with van der Waals surface area (Å²) in [5.41, 5.74) is -0.566. The second-order valence-electron chi connectivity index (χ2n) is 4.98. The van der Waals surface area contributed by atoms with Gasteiger partial charge in [0, 0.05) is 12.0 Å². The zero-order valence-electron chi connectivity index (χ0n) is 11.8. The van der Waals surface area contributed by atoms with E-state index in [0.717, 1.165) is 0 Å². The highest BCUT2D eigenvalue weighted by molar-refractivity contribution is 7.54. The Balaban J connectivity index is 4.93. The fourth-order valence-electron chi connectivity index (χ4n) is 1.86. The van der Waals surface area contributed by atoms with Crippen LogP contribution in [0.15, 0.2) is 0 Å². The van der Waals surface area contributed by atoms with Crippen LogP contribution in [0, 0.1) is 5.41 Å². The number of hydrogen-bond acceptors (Lipinski definition) is 5. The molecule has 1 unspecified atom stereocenters. The number of aliphatic hydroxyl groups excluding tert-OH is 1. The van der Waals surface area contributed by atoms with Crippen LogP contribution in [0.5, 0.6) is 0 Å². The van der Waals surface area contributed by atoms with Gasteiger partial charge in [0.25, 0.3) is 0 Å². The summed E-state index contributed by atoms with van der Waals surface area (Å²) in [4.78, 5) is 1.94. The van der Waals surface area contributed by atoms with E-state index in [2.05, 4.69) is 0 Å². The molecule has 0 radical (unpaired) electrons. The predicted molar refractivity (Wildman–Crippen MR) is 69.2 cm³/mol. The Kier molecular flexibility index (Phi) is 6.89. The summed E-state index contributed by atoms with van der Waals surface area (Å²) in [5.74, 6) is -1.13. The van der Waals surface area contributed by atoms with Gasteiger partial charge < -0.3 is 19.1 Å². The van der Waals surface area contributed by atoms with Crippen molar-refractivity contribution < 1.29 is 18.7 Å². The lowest BCUT2D eigenvalue weighted by Crippen LogP contribution is -2.39. The van der Waals surface area contributed by atoms with Gasteiger partial charge in [-0.05, 0) is 27.9 Å². The lowest BCUT2D eigenvalue weighted by atomic mass is 9.94. The van der Waals surface area contributed by atoms with E-state index < -0.39 is 18.9 Å². The molecule has 0 rings (SSSR count). The van der Waals surface area contributed by atoms with Gasteiger partial charge in [-0.2, -0.15) is 0 Å². The van der Waals surface area contributed by atoms with E-state index >= 15 is 0 Å². The molecule has 17 heavy (non-hydrogen) atoms. The minimum absolute atomic E-state index is 0.256. The van der Waals surface area contributed by atoms with E-state index in [-0.39, 0.29) is 13.2 Å². The Morgan fingerprint density at radius 3 is 1.94 bits per heavy atom. The van der Waals surface area contributed by atoms with Gasteiger partial charge in [-0.25, -0.2) is 0 Å². The second kappa shape index (κ2) is 6.86. The Labute approximate surface area is 105 Å². The van der Waals surface area contributed by atoms with Crippen molar-refractivity contribution in [2.75, 3.05) is 33.9 Å². The quantitative estimate of drug-likeness (QED) is 0.683. The molecule has 6 heteroatoms. The molecule has 0 saturated carbocycles. The van der Waals surface area contributed by atoms with E-state index in [0.29, 0.717) is 6.54 Å². The van der Waals surface area contributed by atoms with Crippen LogP contribution in [0.4, 0.5) is 0 Å². The molecule has 0 aromatic rings. The van der Waals surface area contributed by atoms with E-state index in [9.17, 15) is 9.67 Å². The van der Waals surface area contributed by atoms with Crippen molar-refractivity contribution in [3.63, 3.8) is 0 Å². The second-order valence-corrected chi connectivity index (χ2v) is 7.06. The first-order valence-corrected chi connectivity index (χ1v) is 7.52. The van der Waals surface area contributed by atoms with Gasteiger partial charge in [0.1, 0.15) is 0 Å². The normalized spacial score (nSPS) is 15.3. The van der Waals surface area contributed by atoms with E-state index in [1.165, 1.54) is 0 Å². The lowest BCUT2D eigenvalue weighted by Gasteiger charge is -2.36. The molecular weight excluding hydrogens is 241 g/mol. The third kappa shape index (κ3) is 5.06. The fraction of sp³-hybridized carbons (Fsp3) is 1.00. The van der Waals surface area contributed by atoms with Crippen LogP contribution in [0.2, 0.25) is 0 Å². The number of aliphatic hydroxyl groups is 1. The Hall–Kier alpha value is 0.0700. The van der Waals surface area contributed by atoms with E-state index in [1.54, 1.807) is 13.8 Å². The summed E-state index contributed by atoms with van der Waals surface area (Å²) in [7, 11) is 0.348. The van der Waals surface area contributed by atoms with E-state index in [1.807, 2.05) is 32.8 Å². The summed E-state index contributed by atoms with van der Waals surface area (Å²) >= 11 is 0. The van der Waals surface area contributed by atoms with Crippen molar-refractivity contribution in [2.24, 2.45) is 5.41 Å². The maximum Gasteiger partial charge on any atom is 0.359 e. The van der Waals surface area contributed by atoms with Crippen molar-refractivity contribution in [1.29, 1.82) is 0 Å². The third-order valence-electron chi connectivity index (χ3n) is 2.34. The van der Waals surface area contributed by atoms with Crippen LogP contribution in [-0.2, 0) is 13.6 Å². The molecule has 104 valence electrons.